The Morgan fingerprint density at radius 2 is 1.93 bits per heavy atom. The molecule has 0 aliphatic carbocycles. The maximum Gasteiger partial charge on any atom is 0.286 e. The zero-order chi connectivity index (χ0) is 20.5. The van der Waals surface area contributed by atoms with Gasteiger partial charge in [0.05, 0.1) is 27.6 Å². The Balaban J connectivity index is 1.53. The van der Waals surface area contributed by atoms with Gasteiger partial charge in [-0.3, -0.25) is 14.9 Å². The van der Waals surface area contributed by atoms with Crippen molar-refractivity contribution in [3.05, 3.63) is 57.2 Å². The molecule has 0 saturated carbocycles. The molecule has 2 atom stereocenters. The standard InChI is InChI=1S/C20H19N3O5S/c1-12-10-22(11-13(2)27-12)20-21-19(24)18(29-20)9-14-7-8-17(28-14)15-5-3-4-6-16(15)23(25)26/h3-9,12-13H,10-11H2,1-2H3. The summed E-state index contributed by atoms with van der Waals surface area (Å²) in [6.07, 6.45) is 1.76. The Labute approximate surface area is 171 Å². The first-order valence-electron chi connectivity index (χ1n) is 9.17. The Morgan fingerprint density at radius 1 is 1.21 bits per heavy atom. The fourth-order valence-electron chi connectivity index (χ4n) is 3.41. The van der Waals surface area contributed by atoms with Crippen LogP contribution in [0.15, 0.2) is 50.7 Å². The molecule has 1 saturated heterocycles. The first-order valence-corrected chi connectivity index (χ1v) is 9.99. The van der Waals surface area contributed by atoms with E-state index in [9.17, 15) is 14.9 Å². The normalized spacial score (nSPS) is 23.5. The molecule has 0 spiro atoms. The summed E-state index contributed by atoms with van der Waals surface area (Å²) < 4.78 is 11.5. The fourth-order valence-corrected chi connectivity index (χ4v) is 4.32. The SMILES string of the molecule is CC1CN(C2=NC(=O)C(=Cc3ccc(-c4ccccc4[N+](=O)[O-])o3)S2)CC(C)O1. The molecule has 2 aromatic rings. The number of rotatable bonds is 3. The van der Waals surface area contributed by atoms with E-state index in [0.29, 0.717) is 40.2 Å². The van der Waals surface area contributed by atoms with Crippen LogP contribution in [0.5, 0.6) is 0 Å². The zero-order valence-electron chi connectivity index (χ0n) is 15.9. The summed E-state index contributed by atoms with van der Waals surface area (Å²) in [5.74, 6) is 0.492. The molecule has 0 radical (unpaired) electrons. The average Bonchev–Trinajstić information content (AvgIpc) is 3.28. The number of nitro benzene ring substituents is 1. The molecule has 3 heterocycles. The van der Waals surface area contributed by atoms with Crippen LogP contribution in [-0.2, 0) is 9.53 Å². The van der Waals surface area contributed by atoms with Gasteiger partial charge in [0.1, 0.15) is 11.5 Å². The van der Waals surface area contributed by atoms with E-state index < -0.39 is 4.92 Å². The predicted octanol–water partition coefficient (Wildman–Crippen LogP) is 3.93. The minimum Gasteiger partial charge on any atom is -0.456 e. The second kappa shape index (κ2) is 7.84. The highest BCUT2D eigenvalue weighted by Gasteiger charge is 2.31. The summed E-state index contributed by atoms with van der Waals surface area (Å²) in [7, 11) is 0. The predicted molar refractivity (Wildman–Crippen MR) is 110 cm³/mol. The van der Waals surface area contributed by atoms with Crippen molar-refractivity contribution in [3.8, 4) is 11.3 Å². The maximum atomic E-state index is 12.3. The second-order valence-corrected chi connectivity index (χ2v) is 7.96. The highest BCUT2D eigenvalue weighted by molar-refractivity contribution is 8.18. The van der Waals surface area contributed by atoms with Crippen LogP contribution in [0.1, 0.15) is 19.6 Å². The lowest BCUT2D eigenvalue weighted by atomic mass is 10.1. The van der Waals surface area contributed by atoms with Crippen LogP contribution in [0.4, 0.5) is 5.69 Å². The summed E-state index contributed by atoms with van der Waals surface area (Å²) in [5.41, 5.74) is 0.356. The molecule has 4 rings (SSSR count). The third kappa shape index (κ3) is 4.10. The van der Waals surface area contributed by atoms with Crippen molar-refractivity contribution in [2.75, 3.05) is 13.1 Å². The minimum absolute atomic E-state index is 0.0338. The van der Waals surface area contributed by atoms with Gasteiger partial charge in [-0.2, -0.15) is 4.99 Å². The molecule has 2 aliphatic rings. The number of benzene rings is 1. The molecule has 29 heavy (non-hydrogen) atoms. The van der Waals surface area contributed by atoms with Crippen molar-refractivity contribution < 1.29 is 18.9 Å². The van der Waals surface area contributed by atoms with Crippen LogP contribution in [0.25, 0.3) is 17.4 Å². The minimum atomic E-state index is -0.448. The van der Waals surface area contributed by atoms with Crippen LogP contribution in [0.3, 0.4) is 0 Å². The molecular formula is C20H19N3O5S. The van der Waals surface area contributed by atoms with Gasteiger partial charge < -0.3 is 14.1 Å². The molecule has 150 valence electrons. The number of aliphatic imine (C=N–C) groups is 1. The number of hydrogen-bond donors (Lipinski definition) is 0. The lowest BCUT2D eigenvalue weighted by Gasteiger charge is -2.35. The third-order valence-corrected chi connectivity index (χ3v) is 5.61. The summed E-state index contributed by atoms with van der Waals surface area (Å²) in [5, 5.41) is 11.9. The van der Waals surface area contributed by atoms with Gasteiger partial charge in [0, 0.05) is 25.2 Å². The van der Waals surface area contributed by atoms with Gasteiger partial charge in [-0.15, -0.1) is 0 Å². The molecule has 1 aromatic carbocycles. The molecule has 9 heteroatoms. The van der Waals surface area contributed by atoms with Gasteiger partial charge in [0.25, 0.3) is 11.6 Å². The molecule has 2 aliphatic heterocycles. The Morgan fingerprint density at radius 3 is 2.66 bits per heavy atom. The van der Waals surface area contributed by atoms with Gasteiger partial charge in [-0.25, -0.2) is 0 Å². The summed E-state index contributed by atoms with van der Waals surface area (Å²) in [4.78, 5) is 29.8. The molecule has 2 unspecified atom stereocenters. The first kappa shape index (κ1) is 19.4. The van der Waals surface area contributed by atoms with Crippen LogP contribution in [0, 0.1) is 10.1 Å². The van der Waals surface area contributed by atoms with Crippen LogP contribution in [0.2, 0.25) is 0 Å². The number of para-hydroxylation sites is 1. The van der Waals surface area contributed by atoms with Gasteiger partial charge in [-0.1, -0.05) is 12.1 Å². The van der Waals surface area contributed by atoms with E-state index in [0.717, 1.165) is 0 Å². The van der Waals surface area contributed by atoms with E-state index in [4.69, 9.17) is 9.15 Å². The smallest absolute Gasteiger partial charge is 0.286 e. The van der Waals surface area contributed by atoms with E-state index in [1.165, 1.54) is 17.8 Å². The van der Waals surface area contributed by atoms with Crippen molar-refractivity contribution in [1.29, 1.82) is 0 Å². The van der Waals surface area contributed by atoms with Crippen molar-refractivity contribution in [1.82, 2.24) is 4.90 Å². The zero-order valence-corrected chi connectivity index (χ0v) is 16.7. The van der Waals surface area contributed by atoms with Crippen molar-refractivity contribution in [2.24, 2.45) is 4.99 Å². The van der Waals surface area contributed by atoms with Crippen LogP contribution < -0.4 is 0 Å². The highest BCUT2D eigenvalue weighted by atomic mass is 32.2. The summed E-state index contributed by atoms with van der Waals surface area (Å²) in [6, 6.07) is 9.72. The van der Waals surface area contributed by atoms with Crippen LogP contribution >= 0.6 is 11.8 Å². The number of hydrogen-bond acceptors (Lipinski definition) is 7. The van der Waals surface area contributed by atoms with Crippen molar-refractivity contribution >= 4 is 34.6 Å². The third-order valence-electron chi connectivity index (χ3n) is 4.57. The number of nitro groups is 1. The number of amides is 1. The summed E-state index contributed by atoms with van der Waals surface area (Å²) in [6.45, 7) is 5.35. The topological polar surface area (TPSA) is 98.2 Å². The number of carbonyl (C=O) groups excluding carboxylic acids is 1. The monoisotopic (exact) mass is 413 g/mol. The Kier molecular flexibility index (Phi) is 5.25. The lowest BCUT2D eigenvalue weighted by Crippen LogP contribution is -2.47. The Hall–Kier alpha value is -2.91. The number of ether oxygens (including phenoxy) is 1. The van der Waals surface area contributed by atoms with Crippen LogP contribution in [-0.4, -0.2) is 46.2 Å². The highest BCUT2D eigenvalue weighted by Crippen LogP contribution is 2.34. The van der Waals surface area contributed by atoms with E-state index in [1.54, 1.807) is 36.4 Å². The molecule has 1 aromatic heterocycles. The molecule has 8 nitrogen and oxygen atoms in total. The van der Waals surface area contributed by atoms with E-state index in [1.807, 2.05) is 13.8 Å². The van der Waals surface area contributed by atoms with Crippen molar-refractivity contribution in [2.45, 2.75) is 26.1 Å². The first-order chi connectivity index (χ1) is 13.9. The fraction of sp³-hybridized carbons (Fsp3) is 0.300. The number of morpholine rings is 1. The van der Waals surface area contributed by atoms with E-state index in [-0.39, 0.29) is 23.8 Å². The van der Waals surface area contributed by atoms with E-state index in [2.05, 4.69) is 9.89 Å². The number of furan rings is 1. The second-order valence-electron chi connectivity index (χ2n) is 6.95. The summed E-state index contributed by atoms with van der Waals surface area (Å²) >= 11 is 1.30. The number of nitrogens with zero attached hydrogens (tertiary/aromatic N) is 3. The van der Waals surface area contributed by atoms with Gasteiger partial charge in [0.15, 0.2) is 5.17 Å². The van der Waals surface area contributed by atoms with Gasteiger partial charge >= 0.3 is 0 Å². The molecule has 1 fully saturated rings. The van der Waals surface area contributed by atoms with E-state index >= 15 is 0 Å². The van der Waals surface area contributed by atoms with Gasteiger partial charge in [0.2, 0.25) is 0 Å². The molecule has 0 N–H and O–H groups in total. The Bertz CT molecular complexity index is 1020. The number of thioether (sulfide) groups is 1. The van der Waals surface area contributed by atoms with Crippen molar-refractivity contribution in [3.63, 3.8) is 0 Å². The largest absolute Gasteiger partial charge is 0.456 e. The molecule has 0 bridgehead atoms. The quantitative estimate of drug-likeness (QED) is 0.427. The average molecular weight is 413 g/mol. The molecular weight excluding hydrogens is 394 g/mol. The lowest BCUT2D eigenvalue weighted by molar-refractivity contribution is -0.384. The number of amidine groups is 1. The molecule has 1 amide bonds. The van der Waals surface area contributed by atoms with Gasteiger partial charge in [-0.05, 0) is 43.8 Å². The number of carbonyl (C=O) groups is 1. The maximum absolute atomic E-state index is 12.3.